The summed E-state index contributed by atoms with van der Waals surface area (Å²) >= 11 is 1.92. The summed E-state index contributed by atoms with van der Waals surface area (Å²) in [5.41, 5.74) is 1.42. The summed E-state index contributed by atoms with van der Waals surface area (Å²) in [5.74, 6) is 0. The van der Waals surface area contributed by atoms with Crippen LogP contribution in [0.15, 0.2) is 0 Å². The van der Waals surface area contributed by atoms with E-state index in [4.69, 9.17) is 9.72 Å². The fourth-order valence-corrected chi connectivity index (χ4v) is 4.39. The van der Waals surface area contributed by atoms with Crippen LogP contribution in [0.4, 0.5) is 0 Å². The Bertz CT molecular complexity index is 396. The highest BCUT2D eigenvalue weighted by atomic mass is 32.1. The summed E-state index contributed by atoms with van der Waals surface area (Å²) in [6.45, 7) is 3.00. The molecule has 3 rings (SSSR count). The van der Waals surface area contributed by atoms with Crippen LogP contribution < -0.4 is 5.32 Å². The van der Waals surface area contributed by atoms with E-state index in [-0.39, 0.29) is 5.54 Å². The van der Waals surface area contributed by atoms with Crippen molar-refractivity contribution >= 4 is 11.3 Å². The number of nitrogens with zero attached hydrogens (tertiary/aromatic N) is 1. The lowest BCUT2D eigenvalue weighted by molar-refractivity contribution is -0.0185. The minimum Gasteiger partial charge on any atom is -0.378 e. The molecule has 1 aromatic rings. The van der Waals surface area contributed by atoms with Crippen molar-refractivity contribution in [2.75, 3.05) is 13.7 Å². The molecule has 0 radical (unpaired) electrons. The van der Waals surface area contributed by atoms with Crippen LogP contribution in [0.5, 0.6) is 0 Å². The number of aryl methyl sites for hydroxylation is 2. The molecule has 1 fully saturated rings. The maximum Gasteiger partial charge on any atom is 0.113 e. The second-order valence-corrected chi connectivity index (χ2v) is 6.29. The van der Waals surface area contributed by atoms with E-state index in [1.165, 1.54) is 34.8 Å². The Labute approximate surface area is 107 Å². The Balaban J connectivity index is 1.93. The maximum atomic E-state index is 5.67. The molecule has 1 aromatic heterocycles. The van der Waals surface area contributed by atoms with Gasteiger partial charge in [-0.25, -0.2) is 4.98 Å². The smallest absolute Gasteiger partial charge is 0.113 e. The number of fused-ring (bicyclic) bond motifs is 1. The Hall–Kier alpha value is -0.450. The largest absolute Gasteiger partial charge is 0.378 e. The Morgan fingerprint density at radius 1 is 1.47 bits per heavy atom. The Kier molecular flexibility index (Phi) is 2.97. The van der Waals surface area contributed by atoms with Gasteiger partial charge in [-0.1, -0.05) is 0 Å². The Morgan fingerprint density at radius 3 is 3.06 bits per heavy atom. The summed E-state index contributed by atoms with van der Waals surface area (Å²) in [6, 6.07) is 0. The second kappa shape index (κ2) is 4.34. The third kappa shape index (κ3) is 1.92. The molecule has 1 aliphatic heterocycles. The SMILES string of the molecule is CNC1(c2nc3c(s2)CCC3)CCOC(C)C1. The van der Waals surface area contributed by atoms with E-state index >= 15 is 0 Å². The van der Waals surface area contributed by atoms with Gasteiger partial charge < -0.3 is 10.1 Å². The third-order valence-electron chi connectivity index (χ3n) is 4.05. The van der Waals surface area contributed by atoms with Gasteiger partial charge in [-0.15, -0.1) is 11.3 Å². The van der Waals surface area contributed by atoms with Gasteiger partial charge in [-0.3, -0.25) is 0 Å². The van der Waals surface area contributed by atoms with Crippen molar-refractivity contribution in [3.63, 3.8) is 0 Å². The van der Waals surface area contributed by atoms with Crippen LogP contribution in [0.3, 0.4) is 0 Å². The van der Waals surface area contributed by atoms with Crippen molar-refractivity contribution in [2.24, 2.45) is 0 Å². The summed E-state index contributed by atoms with van der Waals surface area (Å²) in [7, 11) is 2.06. The molecule has 94 valence electrons. The monoisotopic (exact) mass is 252 g/mol. The third-order valence-corrected chi connectivity index (χ3v) is 5.41. The second-order valence-electron chi connectivity index (χ2n) is 5.21. The van der Waals surface area contributed by atoms with Gasteiger partial charge in [-0.05, 0) is 46.1 Å². The van der Waals surface area contributed by atoms with Crippen molar-refractivity contribution < 1.29 is 4.74 Å². The molecule has 1 saturated heterocycles. The van der Waals surface area contributed by atoms with Crippen LogP contribution in [-0.4, -0.2) is 24.7 Å². The van der Waals surface area contributed by atoms with Crippen molar-refractivity contribution in [2.45, 2.75) is 50.7 Å². The van der Waals surface area contributed by atoms with Crippen molar-refractivity contribution in [3.05, 3.63) is 15.6 Å². The van der Waals surface area contributed by atoms with Gasteiger partial charge in [0.1, 0.15) is 5.01 Å². The first-order valence-corrected chi connectivity index (χ1v) is 7.35. The lowest BCUT2D eigenvalue weighted by Crippen LogP contribution is -2.47. The molecule has 1 N–H and O–H groups in total. The first kappa shape index (κ1) is 11.6. The van der Waals surface area contributed by atoms with E-state index in [1.807, 2.05) is 11.3 Å². The minimum atomic E-state index is 0.0622. The van der Waals surface area contributed by atoms with E-state index in [0.717, 1.165) is 19.4 Å². The number of hydrogen-bond acceptors (Lipinski definition) is 4. The summed E-state index contributed by atoms with van der Waals surface area (Å²) < 4.78 is 5.67. The van der Waals surface area contributed by atoms with E-state index in [0.29, 0.717) is 6.10 Å². The number of thiazole rings is 1. The van der Waals surface area contributed by atoms with Gasteiger partial charge in [0.15, 0.2) is 0 Å². The Morgan fingerprint density at radius 2 is 2.35 bits per heavy atom. The molecule has 0 spiro atoms. The first-order chi connectivity index (χ1) is 8.23. The fourth-order valence-electron chi connectivity index (χ4n) is 3.01. The molecule has 0 saturated carbocycles. The molecule has 17 heavy (non-hydrogen) atoms. The normalized spacial score (nSPS) is 32.7. The summed E-state index contributed by atoms with van der Waals surface area (Å²) in [5, 5.41) is 4.81. The van der Waals surface area contributed by atoms with E-state index in [9.17, 15) is 0 Å². The zero-order chi connectivity index (χ0) is 11.9. The van der Waals surface area contributed by atoms with Crippen LogP contribution in [0.1, 0.15) is 41.8 Å². The number of nitrogens with one attached hydrogen (secondary N) is 1. The minimum absolute atomic E-state index is 0.0622. The molecule has 4 heteroatoms. The molecule has 0 amide bonds. The molecule has 3 nitrogen and oxygen atoms in total. The van der Waals surface area contributed by atoms with Crippen molar-refractivity contribution in [3.8, 4) is 0 Å². The van der Waals surface area contributed by atoms with Crippen LogP contribution in [-0.2, 0) is 23.1 Å². The average molecular weight is 252 g/mol. The summed E-state index contributed by atoms with van der Waals surface area (Å²) in [4.78, 5) is 6.41. The average Bonchev–Trinajstić information content (AvgIpc) is 2.89. The molecule has 1 aliphatic carbocycles. The quantitative estimate of drug-likeness (QED) is 0.876. The first-order valence-electron chi connectivity index (χ1n) is 6.53. The molecule has 2 unspecified atom stereocenters. The van der Waals surface area contributed by atoms with Crippen molar-refractivity contribution in [1.82, 2.24) is 10.3 Å². The molecular formula is C13H20N2OS. The molecule has 2 heterocycles. The topological polar surface area (TPSA) is 34.2 Å². The number of hydrogen-bond donors (Lipinski definition) is 1. The molecule has 0 aromatic carbocycles. The fraction of sp³-hybridized carbons (Fsp3) is 0.769. The number of ether oxygens (including phenoxy) is 1. The number of aromatic nitrogens is 1. The van der Waals surface area contributed by atoms with Crippen LogP contribution in [0.25, 0.3) is 0 Å². The van der Waals surface area contributed by atoms with E-state index in [2.05, 4.69) is 19.3 Å². The van der Waals surface area contributed by atoms with Crippen LogP contribution >= 0.6 is 11.3 Å². The predicted octanol–water partition coefficient (Wildman–Crippen LogP) is 2.25. The van der Waals surface area contributed by atoms with E-state index < -0.39 is 0 Å². The highest BCUT2D eigenvalue weighted by Gasteiger charge is 2.39. The highest BCUT2D eigenvalue weighted by Crippen LogP contribution is 2.39. The lowest BCUT2D eigenvalue weighted by atomic mass is 9.88. The molecule has 2 atom stereocenters. The molecular weight excluding hydrogens is 232 g/mol. The zero-order valence-electron chi connectivity index (χ0n) is 10.6. The summed E-state index contributed by atoms with van der Waals surface area (Å²) in [6.07, 6.45) is 6.11. The van der Waals surface area contributed by atoms with Gasteiger partial charge in [0.2, 0.25) is 0 Å². The standard InChI is InChI=1S/C13H20N2OS/c1-9-8-13(14-2,6-7-16-9)12-15-10-4-3-5-11(10)17-12/h9,14H,3-8H2,1-2H3. The van der Waals surface area contributed by atoms with Gasteiger partial charge in [0, 0.05) is 11.5 Å². The highest BCUT2D eigenvalue weighted by molar-refractivity contribution is 7.12. The van der Waals surface area contributed by atoms with Gasteiger partial charge >= 0.3 is 0 Å². The predicted molar refractivity (Wildman–Crippen MR) is 69.5 cm³/mol. The van der Waals surface area contributed by atoms with Crippen molar-refractivity contribution in [1.29, 1.82) is 0 Å². The van der Waals surface area contributed by atoms with Gasteiger partial charge in [0.05, 0.1) is 17.3 Å². The van der Waals surface area contributed by atoms with Gasteiger partial charge in [0.25, 0.3) is 0 Å². The van der Waals surface area contributed by atoms with Gasteiger partial charge in [-0.2, -0.15) is 0 Å². The molecule has 2 aliphatic rings. The molecule has 0 bridgehead atoms. The van der Waals surface area contributed by atoms with Crippen LogP contribution in [0.2, 0.25) is 0 Å². The van der Waals surface area contributed by atoms with Crippen LogP contribution in [0, 0.1) is 0 Å². The lowest BCUT2D eigenvalue weighted by Gasteiger charge is -2.38. The van der Waals surface area contributed by atoms with E-state index in [1.54, 1.807) is 0 Å². The number of rotatable bonds is 2. The maximum absolute atomic E-state index is 5.67. The zero-order valence-corrected chi connectivity index (χ0v) is 11.4.